The maximum Gasteiger partial charge on any atom is 0.00849 e. The van der Waals surface area contributed by atoms with E-state index in [2.05, 4.69) is 55.4 Å². The Morgan fingerprint density at radius 2 is 0.938 bits per heavy atom. The number of hydrogen-bond donors (Lipinski definition) is 0. The normalized spacial score (nSPS) is 27.0. The minimum absolute atomic E-state index is 0.238. The summed E-state index contributed by atoms with van der Waals surface area (Å²) in [4.78, 5) is 0. The van der Waals surface area contributed by atoms with E-state index >= 15 is 0 Å². The van der Waals surface area contributed by atoms with Gasteiger partial charge in [0, 0.05) is 10.8 Å². The summed E-state index contributed by atoms with van der Waals surface area (Å²) < 4.78 is 0. The Bertz CT molecular complexity index is 420. The first-order valence-corrected chi connectivity index (χ1v) is 6.25. The van der Waals surface area contributed by atoms with Crippen LogP contribution in [0, 0.1) is 10.8 Å². The van der Waals surface area contributed by atoms with Crippen LogP contribution in [0.25, 0.3) is 0 Å². The van der Waals surface area contributed by atoms with Crippen molar-refractivity contribution in [2.24, 2.45) is 10.8 Å². The average molecular weight is 216 g/mol. The van der Waals surface area contributed by atoms with Crippen molar-refractivity contribution in [3.8, 4) is 0 Å². The molecule has 0 radical (unpaired) electrons. The molecule has 0 amide bonds. The van der Waals surface area contributed by atoms with Crippen LogP contribution < -0.4 is 0 Å². The zero-order valence-corrected chi connectivity index (χ0v) is 12.0. The fraction of sp³-hybridized carbons (Fsp3) is 0.625. The molecule has 0 aromatic carbocycles. The van der Waals surface area contributed by atoms with Crippen LogP contribution >= 0.6 is 0 Å². The Hall–Kier alpha value is -0.780. The van der Waals surface area contributed by atoms with E-state index in [1.54, 1.807) is 22.3 Å². The third-order valence-corrected chi connectivity index (χ3v) is 5.25. The molecule has 0 fully saturated rings. The lowest BCUT2D eigenvalue weighted by Crippen LogP contribution is -2.25. The largest absolute Gasteiger partial charge is 0.0600 e. The maximum absolute atomic E-state index is 2.38. The van der Waals surface area contributed by atoms with Gasteiger partial charge in [-0.3, -0.25) is 0 Å². The van der Waals surface area contributed by atoms with Crippen LogP contribution in [0.1, 0.15) is 55.4 Å². The third kappa shape index (κ3) is 1.06. The van der Waals surface area contributed by atoms with Crippen molar-refractivity contribution < 1.29 is 0 Å². The van der Waals surface area contributed by atoms with E-state index in [-0.39, 0.29) is 10.8 Å². The molecule has 0 saturated carbocycles. The van der Waals surface area contributed by atoms with Crippen molar-refractivity contribution in [3.05, 3.63) is 33.4 Å². The highest BCUT2D eigenvalue weighted by Crippen LogP contribution is 2.61. The Morgan fingerprint density at radius 3 is 1.19 bits per heavy atom. The van der Waals surface area contributed by atoms with Crippen LogP contribution in [0.2, 0.25) is 0 Å². The first kappa shape index (κ1) is 11.7. The smallest absolute Gasteiger partial charge is 0.00849 e. The molecule has 0 aromatic rings. The van der Waals surface area contributed by atoms with Gasteiger partial charge < -0.3 is 0 Å². The summed E-state index contributed by atoms with van der Waals surface area (Å²) in [5.74, 6) is 0. The van der Waals surface area contributed by atoms with Crippen LogP contribution in [-0.2, 0) is 0 Å². The van der Waals surface area contributed by atoms with Crippen molar-refractivity contribution in [2.75, 3.05) is 0 Å². The summed E-state index contributed by atoms with van der Waals surface area (Å²) in [6.07, 6.45) is 0. The quantitative estimate of drug-likeness (QED) is 0.532. The predicted molar refractivity (Wildman–Crippen MR) is 71.3 cm³/mol. The highest BCUT2D eigenvalue weighted by molar-refractivity contribution is 5.67. The standard InChI is InChI=1S/C16H24/c1-9-11(3)15(5,6)14-13(9)10(2)12(4)16(14,7)8/h1-8H3. The number of allylic oxidation sites excluding steroid dienone is 6. The fourth-order valence-electron chi connectivity index (χ4n) is 3.75. The highest BCUT2D eigenvalue weighted by Gasteiger charge is 2.48. The van der Waals surface area contributed by atoms with Crippen molar-refractivity contribution >= 4 is 0 Å². The third-order valence-electron chi connectivity index (χ3n) is 5.25. The molecule has 0 heteroatoms. The van der Waals surface area contributed by atoms with Gasteiger partial charge in [-0.1, -0.05) is 38.8 Å². The minimum atomic E-state index is 0.238. The first-order valence-electron chi connectivity index (χ1n) is 6.25. The molecule has 0 heterocycles. The van der Waals surface area contributed by atoms with Crippen LogP contribution in [0.4, 0.5) is 0 Å². The topological polar surface area (TPSA) is 0 Å². The van der Waals surface area contributed by atoms with Gasteiger partial charge >= 0.3 is 0 Å². The molecule has 0 unspecified atom stereocenters. The molecule has 0 nitrogen and oxygen atoms in total. The van der Waals surface area contributed by atoms with Crippen molar-refractivity contribution in [1.29, 1.82) is 0 Å². The van der Waals surface area contributed by atoms with Crippen LogP contribution in [-0.4, -0.2) is 0 Å². The first-order chi connectivity index (χ1) is 7.13. The maximum atomic E-state index is 2.38. The van der Waals surface area contributed by atoms with Crippen molar-refractivity contribution in [3.63, 3.8) is 0 Å². The lowest BCUT2D eigenvalue weighted by atomic mass is 9.68. The molecular formula is C16H24. The molecule has 2 rings (SSSR count). The molecule has 0 aromatic heterocycles. The summed E-state index contributed by atoms with van der Waals surface area (Å²) in [6.45, 7) is 18.7. The van der Waals surface area contributed by atoms with Gasteiger partial charge in [-0.15, -0.1) is 0 Å². The van der Waals surface area contributed by atoms with Gasteiger partial charge in [-0.2, -0.15) is 0 Å². The molecular weight excluding hydrogens is 192 g/mol. The van der Waals surface area contributed by atoms with E-state index in [0.717, 1.165) is 0 Å². The number of hydrogen-bond acceptors (Lipinski definition) is 0. The molecule has 0 spiro atoms. The summed E-state index contributed by atoms with van der Waals surface area (Å²) in [5.41, 5.74) is 9.82. The molecule has 88 valence electrons. The SMILES string of the molecule is CC1=C(C)C(C)(C)C2=C1C(C)=C(C)C2(C)C. The zero-order chi connectivity index (χ0) is 12.5. The minimum Gasteiger partial charge on any atom is -0.0600 e. The molecule has 2 aliphatic carbocycles. The van der Waals surface area contributed by atoms with E-state index in [4.69, 9.17) is 0 Å². The second-order valence-corrected chi connectivity index (χ2v) is 6.50. The second kappa shape index (κ2) is 2.91. The van der Waals surface area contributed by atoms with Gasteiger partial charge in [0.25, 0.3) is 0 Å². The fourth-order valence-corrected chi connectivity index (χ4v) is 3.75. The molecule has 2 aliphatic rings. The van der Waals surface area contributed by atoms with Crippen LogP contribution in [0.5, 0.6) is 0 Å². The van der Waals surface area contributed by atoms with Gasteiger partial charge in [0.1, 0.15) is 0 Å². The molecule has 0 N–H and O–H groups in total. The Morgan fingerprint density at radius 1 is 0.625 bits per heavy atom. The molecule has 0 aliphatic heterocycles. The van der Waals surface area contributed by atoms with Crippen LogP contribution in [0.3, 0.4) is 0 Å². The lowest BCUT2D eigenvalue weighted by molar-refractivity contribution is 0.411. The molecule has 0 bridgehead atoms. The Kier molecular flexibility index (Phi) is 2.13. The van der Waals surface area contributed by atoms with E-state index in [1.807, 2.05) is 0 Å². The van der Waals surface area contributed by atoms with E-state index in [1.165, 1.54) is 11.1 Å². The monoisotopic (exact) mass is 216 g/mol. The van der Waals surface area contributed by atoms with Gasteiger partial charge in [0.05, 0.1) is 0 Å². The van der Waals surface area contributed by atoms with Gasteiger partial charge in [0.15, 0.2) is 0 Å². The summed E-state index contributed by atoms with van der Waals surface area (Å²) >= 11 is 0. The van der Waals surface area contributed by atoms with E-state index in [0.29, 0.717) is 0 Å². The molecule has 0 saturated heterocycles. The summed E-state index contributed by atoms with van der Waals surface area (Å²) in [5, 5.41) is 0. The Labute approximate surface area is 100 Å². The molecule has 16 heavy (non-hydrogen) atoms. The zero-order valence-electron chi connectivity index (χ0n) is 12.0. The van der Waals surface area contributed by atoms with Gasteiger partial charge in [0.2, 0.25) is 0 Å². The van der Waals surface area contributed by atoms with Gasteiger partial charge in [-0.25, -0.2) is 0 Å². The lowest BCUT2D eigenvalue weighted by Gasteiger charge is -2.36. The van der Waals surface area contributed by atoms with Crippen molar-refractivity contribution in [2.45, 2.75) is 55.4 Å². The van der Waals surface area contributed by atoms with Crippen molar-refractivity contribution in [1.82, 2.24) is 0 Å². The second-order valence-electron chi connectivity index (χ2n) is 6.50. The van der Waals surface area contributed by atoms with Gasteiger partial charge in [-0.05, 0) is 50.0 Å². The molecule has 0 atom stereocenters. The van der Waals surface area contributed by atoms with Crippen LogP contribution in [0.15, 0.2) is 33.4 Å². The van der Waals surface area contributed by atoms with E-state index < -0.39 is 0 Å². The Balaban J connectivity index is 2.77. The average Bonchev–Trinajstić information content (AvgIpc) is 2.47. The highest BCUT2D eigenvalue weighted by atomic mass is 14.5. The summed E-state index contributed by atoms with van der Waals surface area (Å²) in [6, 6.07) is 0. The predicted octanol–water partition coefficient (Wildman–Crippen LogP) is 5.04. The van der Waals surface area contributed by atoms with E-state index in [9.17, 15) is 0 Å². The number of rotatable bonds is 0. The summed E-state index contributed by atoms with van der Waals surface area (Å²) in [7, 11) is 0.